The number of hydrogen-bond donors (Lipinski definition) is 6. The number of anilines is 2. The highest BCUT2D eigenvalue weighted by Crippen LogP contribution is 2.65. The van der Waals surface area contributed by atoms with E-state index in [1.807, 2.05) is 0 Å². The van der Waals surface area contributed by atoms with Crippen molar-refractivity contribution in [2.75, 3.05) is 31.3 Å². The summed E-state index contributed by atoms with van der Waals surface area (Å²) in [7, 11) is -2.44. The smallest absolute Gasteiger partial charge is 0.394 e. The number of nitrogens with two attached hydrogens (primary N) is 2. The van der Waals surface area contributed by atoms with Gasteiger partial charge in [-0.05, 0) is 4.57 Å². The van der Waals surface area contributed by atoms with Crippen molar-refractivity contribution < 1.29 is 37.3 Å². The van der Waals surface area contributed by atoms with E-state index < -0.39 is 73.1 Å². The van der Waals surface area contributed by atoms with Gasteiger partial charge in [0.25, 0.3) is 5.56 Å². The number of nitrogens with zero attached hydrogens (tertiary/aromatic N) is 8. The van der Waals surface area contributed by atoms with Crippen LogP contribution < -0.4 is 17.0 Å². The number of ether oxygens (including phenoxy) is 3. The fraction of sp³-hybridized carbons (Fsp3) is 0.550. The highest BCUT2D eigenvalue weighted by atomic mass is 32.9. The Kier molecular flexibility index (Phi) is 7.88. The zero-order valence-corrected chi connectivity index (χ0v) is 26.8. The molecule has 19 nitrogen and oxygen atoms in total. The fourth-order valence-corrected chi connectivity index (χ4v) is 9.92. The standard InChI is InChI=1S/C20H22FN11O8P2S3/c21-7-6(1-33)38-18(32-15-9(29-30-32)16(34)28-19(23)27-15)11(7)42(44,45)37-3-20-2-36-10(12(20)40-41(35)43)17(39-20)31-5-26-8-13(22)24-4-25-14(8)31/h4-7,10-12,17-18,33H,1-3H2,(H6-,22,23,24,25,27,28,30,34,35,43,44,45)/p+1/t6?,7-,10+,11+,12-,17+,18+,20+/m0/s1. The quantitative estimate of drug-likeness (QED) is 0.0982. The molecule has 6 N–H and O–H groups in total. The molecule has 10 atom stereocenters. The Hall–Kier alpha value is -2.43. The van der Waals surface area contributed by atoms with Gasteiger partial charge in [-0.15, -0.1) is 21.9 Å². The number of aromatic amines is 1. The number of aliphatic hydroxyl groups excluding tert-OH is 1. The van der Waals surface area contributed by atoms with Crippen LogP contribution in [0.15, 0.2) is 17.4 Å². The first-order valence-electron chi connectivity index (χ1n) is 13.0. The topological polar surface area (TPSA) is 256 Å². The maximum atomic E-state index is 15.9. The van der Waals surface area contributed by atoms with Crippen LogP contribution in [-0.4, -0.2) is 105 Å². The molecule has 0 spiro atoms. The molecule has 25 heteroatoms. The number of alkyl halides is 1. The van der Waals surface area contributed by atoms with Crippen LogP contribution in [0.4, 0.5) is 16.2 Å². The minimum absolute atomic E-state index is 0.0781. The third-order valence-corrected chi connectivity index (χ3v) is 12.4. The SMILES string of the molecule is Nc1nc2c(nnn2[C@@H]2OC(CO)[C@H](F)[C@H]2P(=S)(S)OC[C@@]23CO[C@@H]([C@H](n4cnc5c(N)ncnc54)O2)[C@@H]3O[P+](=O)S)c(=O)[nH]1. The zero-order chi connectivity index (χ0) is 31.8. The normalized spacial score (nSPS) is 32.9. The van der Waals surface area contributed by atoms with Gasteiger partial charge < -0.3 is 35.3 Å². The van der Waals surface area contributed by atoms with Gasteiger partial charge in [0, 0.05) is 0 Å². The minimum Gasteiger partial charge on any atom is -0.394 e. The van der Waals surface area contributed by atoms with Gasteiger partial charge in [0.1, 0.15) is 53.6 Å². The van der Waals surface area contributed by atoms with Gasteiger partial charge >= 0.3 is 7.23 Å². The number of imidazole rings is 1. The van der Waals surface area contributed by atoms with Crippen molar-refractivity contribution in [2.45, 2.75) is 48.2 Å². The zero-order valence-electron chi connectivity index (χ0n) is 22.4. The maximum Gasteiger partial charge on any atom is 0.582 e. The number of H-pyrrole nitrogens is 1. The molecule has 3 fully saturated rings. The summed E-state index contributed by atoms with van der Waals surface area (Å²) in [6.07, 6.45) is -4.55. The van der Waals surface area contributed by atoms with Gasteiger partial charge in [-0.25, -0.2) is 19.3 Å². The summed E-state index contributed by atoms with van der Waals surface area (Å²) < 4.78 is 60.8. The van der Waals surface area contributed by atoms with E-state index in [1.54, 1.807) is 4.57 Å². The van der Waals surface area contributed by atoms with Crippen LogP contribution in [0.2, 0.25) is 0 Å². The van der Waals surface area contributed by atoms with E-state index in [2.05, 4.69) is 59.7 Å². The van der Waals surface area contributed by atoms with Crippen LogP contribution in [0.25, 0.3) is 22.3 Å². The van der Waals surface area contributed by atoms with Gasteiger partial charge in [0.2, 0.25) is 5.95 Å². The molecule has 7 heterocycles. The van der Waals surface area contributed by atoms with Gasteiger partial charge in [0.15, 0.2) is 46.8 Å². The lowest BCUT2D eigenvalue weighted by Crippen LogP contribution is -2.45. The lowest BCUT2D eigenvalue weighted by Gasteiger charge is -2.34. The van der Waals surface area contributed by atoms with E-state index in [1.165, 1.54) is 12.7 Å². The Labute approximate surface area is 266 Å². The van der Waals surface area contributed by atoms with Crippen molar-refractivity contribution in [3.05, 3.63) is 23.0 Å². The maximum absolute atomic E-state index is 15.9. The first-order chi connectivity index (χ1) is 21.4. The molecule has 2 bridgehead atoms. The van der Waals surface area contributed by atoms with Crippen LogP contribution in [0, 0.1) is 0 Å². The number of thiol groups is 2. The van der Waals surface area contributed by atoms with Crippen molar-refractivity contribution in [1.29, 1.82) is 0 Å². The third kappa shape index (κ3) is 5.05. The predicted octanol–water partition coefficient (Wildman–Crippen LogP) is 0.01000. The number of rotatable bonds is 9. The Morgan fingerprint density at radius 1 is 1.29 bits per heavy atom. The van der Waals surface area contributed by atoms with Crippen molar-refractivity contribution >= 4 is 83.1 Å². The van der Waals surface area contributed by atoms with Crippen molar-refractivity contribution in [2.24, 2.45) is 0 Å². The molecule has 0 amide bonds. The predicted molar refractivity (Wildman–Crippen MR) is 163 cm³/mol. The number of nitrogens with one attached hydrogen (secondary N) is 1. The van der Waals surface area contributed by atoms with E-state index in [0.717, 1.165) is 4.68 Å². The molecule has 240 valence electrons. The number of halogens is 1. The molecule has 4 aromatic heterocycles. The average molecular weight is 723 g/mol. The summed E-state index contributed by atoms with van der Waals surface area (Å²) in [6, 6.07) is 0. The summed E-state index contributed by atoms with van der Waals surface area (Å²) in [6.45, 7) is -1.14. The highest BCUT2D eigenvalue weighted by Gasteiger charge is 2.67. The first kappa shape index (κ1) is 31.2. The van der Waals surface area contributed by atoms with Gasteiger partial charge in [-0.2, -0.15) is 9.67 Å². The van der Waals surface area contributed by atoms with E-state index in [0.29, 0.717) is 11.2 Å². The summed E-state index contributed by atoms with van der Waals surface area (Å²) in [4.78, 5) is 31.2. The van der Waals surface area contributed by atoms with E-state index in [4.69, 9.17) is 46.5 Å². The van der Waals surface area contributed by atoms with Gasteiger partial charge in [-0.3, -0.25) is 14.3 Å². The minimum atomic E-state index is -3.58. The second kappa shape index (κ2) is 11.4. The lowest BCUT2D eigenvalue weighted by atomic mass is 10.0. The van der Waals surface area contributed by atoms with E-state index >= 15 is 4.39 Å². The molecular formula is C20H23FN11O8P2S3+. The summed E-state index contributed by atoms with van der Waals surface area (Å²) >= 11 is 14.3. The summed E-state index contributed by atoms with van der Waals surface area (Å²) in [5.41, 5.74) is 5.05. The molecule has 3 aliphatic heterocycles. The molecule has 0 aliphatic carbocycles. The Morgan fingerprint density at radius 3 is 2.84 bits per heavy atom. The van der Waals surface area contributed by atoms with Crippen LogP contribution in [0.3, 0.4) is 0 Å². The number of nitrogen functional groups attached to an aromatic ring is 2. The number of fused-ring (bicyclic) bond motifs is 4. The number of hydrogen-bond acceptors (Lipinski definition) is 17. The Morgan fingerprint density at radius 2 is 2.09 bits per heavy atom. The number of aromatic nitrogens is 9. The molecule has 3 saturated heterocycles. The Balaban J connectivity index is 1.20. The second-order valence-electron chi connectivity index (χ2n) is 10.4. The molecule has 45 heavy (non-hydrogen) atoms. The van der Waals surface area contributed by atoms with E-state index in [-0.39, 0.29) is 36.1 Å². The summed E-state index contributed by atoms with van der Waals surface area (Å²) in [5.74, 6) is -0.0836. The van der Waals surface area contributed by atoms with Crippen LogP contribution >= 0.6 is 37.2 Å². The molecule has 7 rings (SSSR count). The first-order valence-corrected chi connectivity index (χ1v) is 19.2. The lowest BCUT2D eigenvalue weighted by molar-refractivity contribution is -0.181. The molecule has 4 aromatic rings. The van der Waals surface area contributed by atoms with Crippen molar-refractivity contribution in [1.82, 2.24) is 44.5 Å². The van der Waals surface area contributed by atoms with Gasteiger partial charge in [-0.1, -0.05) is 17.0 Å². The fourth-order valence-electron chi connectivity index (χ4n) is 5.74. The van der Waals surface area contributed by atoms with Gasteiger partial charge in [0.05, 0.1) is 26.1 Å². The largest absolute Gasteiger partial charge is 0.582 e. The molecule has 3 unspecified atom stereocenters. The molecular weight excluding hydrogens is 699 g/mol. The highest BCUT2D eigenvalue weighted by molar-refractivity contribution is 8.62. The molecule has 0 saturated carbocycles. The third-order valence-electron chi connectivity index (χ3n) is 7.77. The van der Waals surface area contributed by atoms with Crippen molar-refractivity contribution in [3.8, 4) is 0 Å². The molecule has 0 aromatic carbocycles. The second-order valence-corrected chi connectivity index (χ2v) is 18.2. The molecule has 3 aliphatic rings. The van der Waals surface area contributed by atoms with Crippen molar-refractivity contribution in [3.63, 3.8) is 0 Å². The number of aliphatic hydroxyl groups is 1. The average Bonchev–Trinajstić information content (AvgIpc) is 3.79. The van der Waals surface area contributed by atoms with Crippen LogP contribution in [-0.2, 0) is 39.6 Å². The summed E-state index contributed by atoms with van der Waals surface area (Å²) in [5, 5.41) is 17.6. The van der Waals surface area contributed by atoms with Crippen LogP contribution in [0.1, 0.15) is 12.5 Å². The molecule has 0 radical (unpaired) electrons. The van der Waals surface area contributed by atoms with E-state index in [9.17, 15) is 14.5 Å². The monoisotopic (exact) mass is 722 g/mol. The van der Waals surface area contributed by atoms with Crippen LogP contribution in [0.5, 0.6) is 0 Å². The Bertz CT molecular complexity index is 1940.